The number of halogens is 1. The zero-order chi connectivity index (χ0) is 22.3. The SMILES string of the molecule is Cn1nccc1-c1cc(Cl)ccc1-c1cccc2cc(S(=O)(=O)Nc3ncns3)ccc12. The van der Waals surface area contributed by atoms with E-state index in [9.17, 15) is 8.42 Å². The molecular formula is C22H16ClN5O2S2. The van der Waals surface area contributed by atoms with E-state index in [4.69, 9.17) is 11.6 Å². The average molecular weight is 482 g/mol. The number of aromatic nitrogens is 4. The Labute approximate surface area is 193 Å². The van der Waals surface area contributed by atoms with Crippen LogP contribution < -0.4 is 4.72 Å². The fourth-order valence-electron chi connectivity index (χ4n) is 3.66. The molecule has 0 atom stereocenters. The summed E-state index contributed by atoms with van der Waals surface area (Å²) >= 11 is 7.29. The van der Waals surface area contributed by atoms with Crippen LogP contribution in [0.1, 0.15) is 0 Å². The second-order valence-electron chi connectivity index (χ2n) is 7.07. The van der Waals surface area contributed by atoms with Gasteiger partial charge >= 0.3 is 0 Å². The number of anilines is 1. The van der Waals surface area contributed by atoms with Crippen LogP contribution in [-0.4, -0.2) is 27.6 Å². The molecule has 3 aromatic carbocycles. The standard InChI is InChI=1S/C22H16ClN5O2S2/c1-28-21(9-10-25-28)20-12-15(23)5-7-19(20)18-4-2-3-14-11-16(6-8-17(14)18)32(29,30)27-22-24-13-26-31-22/h2-13H,1H3,(H,24,26,27). The Kier molecular flexibility index (Phi) is 5.16. The van der Waals surface area contributed by atoms with E-state index >= 15 is 0 Å². The Morgan fingerprint density at radius 2 is 1.88 bits per heavy atom. The molecule has 0 saturated carbocycles. The van der Waals surface area contributed by atoms with Crippen molar-refractivity contribution in [3.05, 3.63) is 78.2 Å². The smallest absolute Gasteiger partial charge is 0.263 e. The lowest BCUT2D eigenvalue weighted by Crippen LogP contribution is -2.12. The highest BCUT2D eigenvalue weighted by Gasteiger charge is 2.18. The number of nitrogens with one attached hydrogen (secondary N) is 1. The second-order valence-corrected chi connectivity index (χ2v) is 9.97. The van der Waals surface area contributed by atoms with E-state index in [1.54, 1.807) is 23.0 Å². The molecule has 0 fully saturated rings. The van der Waals surface area contributed by atoms with Crippen molar-refractivity contribution < 1.29 is 8.42 Å². The minimum atomic E-state index is -3.78. The number of nitrogens with zero attached hydrogens (tertiary/aromatic N) is 4. The summed E-state index contributed by atoms with van der Waals surface area (Å²) in [5.41, 5.74) is 3.82. The predicted molar refractivity (Wildman–Crippen MR) is 127 cm³/mol. The molecule has 0 spiro atoms. The monoisotopic (exact) mass is 481 g/mol. The Morgan fingerprint density at radius 3 is 2.62 bits per heavy atom. The quantitative estimate of drug-likeness (QED) is 0.372. The molecule has 0 aliphatic rings. The van der Waals surface area contributed by atoms with Crippen molar-refractivity contribution in [1.29, 1.82) is 0 Å². The molecular weight excluding hydrogens is 466 g/mol. The van der Waals surface area contributed by atoms with Gasteiger partial charge in [-0.2, -0.15) is 9.47 Å². The third-order valence-electron chi connectivity index (χ3n) is 5.11. The minimum Gasteiger partial charge on any atom is -0.268 e. The Bertz CT molecular complexity index is 1550. The first-order valence-electron chi connectivity index (χ1n) is 9.53. The van der Waals surface area contributed by atoms with E-state index in [0.717, 1.165) is 44.7 Å². The van der Waals surface area contributed by atoms with Gasteiger partial charge in [0.25, 0.3) is 10.0 Å². The summed E-state index contributed by atoms with van der Waals surface area (Å²) in [6.45, 7) is 0. The first-order chi connectivity index (χ1) is 15.4. The molecule has 0 bridgehead atoms. The van der Waals surface area contributed by atoms with Gasteiger partial charge in [-0.3, -0.25) is 9.40 Å². The highest BCUT2D eigenvalue weighted by atomic mass is 35.5. The van der Waals surface area contributed by atoms with Gasteiger partial charge in [0, 0.05) is 35.4 Å². The molecule has 32 heavy (non-hydrogen) atoms. The van der Waals surface area contributed by atoms with E-state index in [-0.39, 0.29) is 10.0 Å². The van der Waals surface area contributed by atoms with E-state index in [1.807, 2.05) is 55.6 Å². The Balaban J connectivity index is 1.64. The van der Waals surface area contributed by atoms with Crippen LogP contribution in [-0.2, 0) is 17.1 Å². The van der Waals surface area contributed by atoms with Crippen molar-refractivity contribution in [2.75, 3.05) is 4.72 Å². The summed E-state index contributed by atoms with van der Waals surface area (Å²) in [5.74, 6) is 0. The molecule has 10 heteroatoms. The molecule has 0 aliphatic carbocycles. The molecule has 0 aliphatic heterocycles. The van der Waals surface area contributed by atoms with E-state index in [0.29, 0.717) is 5.02 Å². The summed E-state index contributed by atoms with van der Waals surface area (Å²) in [5, 5.41) is 6.85. The van der Waals surface area contributed by atoms with Gasteiger partial charge in [0.1, 0.15) is 6.33 Å². The average Bonchev–Trinajstić information content (AvgIpc) is 3.44. The van der Waals surface area contributed by atoms with Crippen LogP contribution >= 0.6 is 23.1 Å². The molecule has 2 aromatic heterocycles. The van der Waals surface area contributed by atoms with Gasteiger partial charge in [-0.05, 0) is 52.2 Å². The minimum absolute atomic E-state index is 0.153. The maximum Gasteiger partial charge on any atom is 0.263 e. The summed E-state index contributed by atoms with van der Waals surface area (Å²) in [6, 6.07) is 18.6. The molecule has 0 radical (unpaired) electrons. The van der Waals surface area contributed by atoms with Gasteiger partial charge in [-0.25, -0.2) is 13.4 Å². The highest BCUT2D eigenvalue weighted by Crippen LogP contribution is 2.38. The topological polar surface area (TPSA) is 89.8 Å². The van der Waals surface area contributed by atoms with Crippen molar-refractivity contribution >= 4 is 49.1 Å². The van der Waals surface area contributed by atoms with E-state index < -0.39 is 10.0 Å². The van der Waals surface area contributed by atoms with Gasteiger partial charge in [-0.1, -0.05) is 41.9 Å². The molecule has 0 saturated heterocycles. The largest absolute Gasteiger partial charge is 0.268 e. The van der Waals surface area contributed by atoms with Crippen molar-refractivity contribution in [2.24, 2.45) is 7.05 Å². The van der Waals surface area contributed by atoms with Crippen LogP contribution in [0.5, 0.6) is 0 Å². The van der Waals surface area contributed by atoms with Crippen LogP contribution in [0, 0.1) is 0 Å². The molecule has 0 unspecified atom stereocenters. The van der Waals surface area contributed by atoms with Crippen LogP contribution in [0.4, 0.5) is 5.13 Å². The van der Waals surface area contributed by atoms with Gasteiger partial charge in [-0.15, -0.1) is 0 Å². The van der Waals surface area contributed by atoms with Crippen LogP contribution in [0.3, 0.4) is 0 Å². The molecule has 0 amide bonds. The fraction of sp³-hybridized carbons (Fsp3) is 0.0455. The van der Waals surface area contributed by atoms with Gasteiger partial charge in [0.05, 0.1) is 10.6 Å². The zero-order valence-corrected chi connectivity index (χ0v) is 19.1. The van der Waals surface area contributed by atoms with Crippen molar-refractivity contribution in [3.63, 3.8) is 0 Å². The van der Waals surface area contributed by atoms with E-state index in [2.05, 4.69) is 19.2 Å². The Hall–Kier alpha value is -3.27. The molecule has 5 aromatic rings. The van der Waals surface area contributed by atoms with Gasteiger partial charge in [0.15, 0.2) is 0 Å². The van der Waals surface area contributed by atoms with Crippen molar-refractivity contribution in [2.45, 2.75) is 4.90 Å². The van der Waals surface area contributed by atoms with Gasteiger partial charge < -0.3 is 0 Å². The number of fused-ring (bicyclic) bond motifs is 1. The summed E-state index contributed by atoms with van der Waals surface area (Å²) in [7, 11) is -1.90. The lowest BCUT2D eigenvalue weighted by molar-refractivity contribution is 0.601. The molecule has 7 nitrogen and oxygen atoms in total. The number of sulfonamides is 1. The van der Waals surface area contributed by atoms with Crippen LogP contribution in [0.2, 0.25) is 5.02 Å². The number of rotatable bonds is 5. The first kappa shape index (κ1) is 20.6. The number of hydrogen-bond donors (Lipinski definition) is 1. The lowest BCUT2D eigenvalue weighted by atomic mass is 9.93. The zero-order valence-electron chi connectivity index (χ0n) is 16.7. The highest BCUT2D eigenvalue weighted by molar-refractivity contribution is 7.93. The lowest BCUT2D eigenvalue weighted by Gasteiger charge is -2.14. The third kappa shape index (κ3) is 3.75. The predicted octanol–water partition coefficient (Wildman–Crippen LogP) is 5.21. The van der Waals surface area contributed by atoms with Crippen LogP contribution in [0.25, 0.3) is 33.2 Å². The van der Waals surface area contributed by atoms with Crippen molar-refractivity contribution in [1.82, 2.24) is 19.1 Å². The molecule has 5 rings (SSSR count). The molecule has 2 heterocycles. The number of hydrogen-bond acceptors (Lipinski definition) is 6. The number of aryl methyl sites for hydroxylation is 1. The third-order valence-corrected chi connectivity index (χ3v) is 7.39. The number of benzene rings is 3. The van der Waals surface area contributed by atoms with E-state index in [1.165, 1.54) is 6.33 Å². The first-order valence-corrected chi connectivity index (χ1v) is 12.2. The molecule has 160 valence electrons. The maximum absolute atomic E-state index is 12.8. The van der Waals surface area contributed by atoms with Gasteiger partial charge in [0.2, 0.25) is 5.13 Å². The maximum atomic E-state index is 12.8. The normalized spacial score (nSPS) is 11.7. The summed E-state index contributed by atoms with van der Waals surface area (Å²) in [4.78, 5) is 4.04. The summed E-state index contributed by atoms with van der Waals surface area (Å²) < 4.78 is 33.7. The van der Waals surface area contributed by atoms with Crippen molar-refractivity contribution in [3.8, 4) is 22.4 Å². The Morgan fingerprint density at radius 1 is 1.00 bits per heavy atom. The molecule has 1 N–H and O–H groups in total. The fourth-order valence-corrected chi connectivity index (χ4v) is 5.53. The second kappa shape index (κ2) is 8.01. The summed E-state index contributed by atoms with van der Waals surface area (Å²) in [6.07, 6.45) is 3.05. The van der Waals surface area contributed by atoms with Crippen LogP contribution in [0.15, 0.2) is 78.1 Å².